The van der Waals surface area contributed by atoms with Gasteiger partial charge in [0.15, 0.2) is 0 Å². The first-order valence-electron chi connectivity index (χ1n) is 6.27. The molecule has 5 nitrogen and oxygen atoms in total. The number of benzene rings is 1. The van der Waals surface area contributed by atoms with E-state index in [0.29, 0.717) is 6.61 Å². The predicted molar refractivity (Wildman–Crippen MR) is 82.7 cm³/mol. The van der Waals surface area contributed by atoms with E-state index in [4.69, 9.17) is 10.5 Å². The average molecular weight is 286 g/mol. The summed E-state index contributed by atoms with van der Waals surface area (Å²) in [4.78, 5) is 9.34. The van der Waals surface area contributed by atoms with E-state index >= 15 is 0 Å². The van der Waals surface area contributed by atoms with E-state index in [0.717, 1.165) is 27.5 Å². The fraction of sp³-hybridized carbons (Fsp3) is 0.143. The van der Waals surface area contributed by atoms with E-state index in [-0.39, 0.29) is 5.95 Å². The van der Waals surface area contributed by atoms with Gasteiger partial charge in [0.1, 0.15) is 16.4 Å². The molecule has 1 aromatic carbocycles. The fourth-order valence-corrected chi connectivity index (χ4v) is 2.68. The van der Waals surface area contributed by atoms with E-state index in [9.17, 15) is 0 Å². The van der Waals surface area contributed by atoms with Crippen molar-refractivity contribution in [3.63, 3.8) is 0 Å². The van der Waals surface area contributed by atoms with E-state index < -0.39 is 0 Å². The summed E-state index contributed by atoms with van der Waals surface area (Å²) in [5.74, 6) is 1.84. The normalized spacial score (nSPS) is 10.7. The zero-order valence-electron chi connectivity index (χ0n) is 11.0. The number of nitrogens with zero attached hydrogens (tertiary/aromatic N) is 2. The molecule has 0 aliphatic heterocycles. The van der Waals surface area contributed by atoms with Crippen molar-refractivity contribution in [3.05, 3.63) is 35.7 Å². The molecule has 0 unspecified atom stereocenters. The van der Waals surface area contributed by atoms with Crippen LogP contribution in [0.5, 0.6) is 5.75 Å². The first kappa shape index (κ1) is 12.7. The minimum absolute atomic E-state index is 0.272. The van der Waals surface area contributed by atoms with Crippen LogP contribution in [-0.2, 0) is 0 Å². The zero-order valence-corrected chi connectivity index (χ0v) is 11.8. The number of rotatable bonds is 4. The maximum absolute atomic E-state index is 5.73. The Hall–Kier alpha value is -2.34. The molecule has 3 N–H and O–H groups in total. The van der Waals surface area contributed by atoms with Gasteiger partial charge in [-0.1, -0.05) is 0 Å². The Morgan fingerprint density at radius 3 is 2.75 bits per heavy atom. The lowest BCUT2D eigenvalue weighted by molar-refractivity contribution is 0.340. The number of nitrogen functional groups attached to an aromatic ring is 1. The predicted octanol–water partition coefficient (Wildman–Crippen LogP) is 3.42. The zero-order chi connectivity index (χ0) is 13.9. The van der Waals surface area contributed by atoms with Crippen LogP contribution in [0.2, 0.25) is 0 Å². The molecule has 2 aromatic heterocycles. The van der Waals surface area contributed by atoms with Gasteiger partial charge in [0.05, 0.1) is 12.0 Å². The first-order valence-corrected chi connectivity index (χ1v) is 7.15. The summed E-state index contributed by atoms with van der Waals surface area (Å²) >= 11 is 1.54. The molecule has 0 atom stereocenters. The molecular weight excluding hydrogens is 272 g/mol. The molecule has 0 radical (unpaired) electrons. The van der Waals surface area contributed by atoms with Gasteiger partial charge in [-0.15, -0.1) is 11.3 Å². The second-order valence-corrected chi connectivity index (χ2v) is 5.05. The number of ether oxygens (including phenoxy) is 1. The Kier molecular flexibility index (Phi) is 3.39. The van der Waals surface area contributed by atoms with E-state index in [1.54, 1.807) is 11.3 Å². The molecule has 3 rings (SSSR count). The van der Waals surface area contributed by atoms with Gasteiger partial charge in [-0.25, -0.2) is 4.98 Å². The lowest BCUT2D eigenvalue weighted by Gasteiger charge is -2.08. The van der Waals surface area contributed by atoms with Gasteiger partial charge in [0, 0.05) is 5.69 Å². The lowest BCUT2D eigenvalue weighted by Crippen LogP contribution is -2.00. The highest BCUT2D eigenvalue weighted by Gasteiger charge is 2.07. The molecule has 6 heteroatoms. The van der Waals surface area contributed by atoms with Crippen molar-refractivity contribution >= 4 is 39.0 Å². The van der Waals surface area contributed by atoms with Crippen LogP contribution in [0, 0.1) is 0 Å². The van der Waals surface area contributed by atoms with Crippen molar-refractivity contribution in [3.8, 4) is 5.75 Å². The van der Waals surface area contributed by atoms with Gasteiger partial charge in [0.25, 0.3) is 0 Å². The van der Waals surface area contributed by atoms with Crippen molar-refractivity contribution in [1.29, 1.82) is 0 Å². The first-order chi connectivity index (χ1) is 9.76. The largest absolute Gasteiger partial charge is 0.494 e. The Morgan fingerprint density at radius 2 is 2.00 bits per heavy atom. The Labute approximate surface area is 120 Å². The van der Waals surface area contributed by atoms with Gasteiger partial charge in [-0.3, -0.25) is 0 Å². The molecule has 0 fully saturated rings. The molecule has 20 heavy (non-hydrogen) atoms. The van der Waals surface area contributed by atoms with Crippen molar-refractivity contribution in [2.24, 2.45) is 0 Å². The molecule has 0 aliphatic rings. The second kappa shape index (κ2) is 5.34. The number of aromatic nitrogens is 2. The summed E-state index contributed by atoms with van der Waals surface area (Å²) in [7, 11) is 0. The third-order valence-electron chi connectivity index (χ3n) is 2.77. The third kappa shape index (κ3) is 2.50. The Balaban J connectivity index is 1.90. The van der Waals surface area contributed by atoms with Crippen LogP contribution in [0.4, 0.5) is 17.5 Å². The van der Waals surface area contributed by atoms with Gasteiger partial charge in [-0.05, 0) is 42.6 Å². The SMILES string of the molecule is CCOc1ccc(Nc2nc(N)nc3sccc23)cc1. The molecular formula is C14H14N4OS. The van der Waals surface area contributed by atoms with Crippen LogP contribution in [0.1, 0.15) is 6.92 Å². The van der Waals surface area contributed by atoms with Gasteiger partial charge in [0.2, 0.25) is 5.95 Å². The summed E-state index contributed by atoms with van der Waals surface area (Å²) in [6.45, 7) is 2.62. The molecule has 0 bridgehead atoms. The third-order valence-corrected chi connectivity index (χ3v) is 3.58. The van der Waals surface area contributed by atoms with Crippen LogP contribution in [0.15, 0.2) is 35.7 Å². The second-order valence-electron chi connectivity index (χ2n) is 4.15. The lowest BCUT2D eigenvalue weighted by atomic mass is 10.3. The minimum Gasteiger partial charge on any atom is -0.494 e. The highest BCUT2D eigenvalue weighted by Crippen LogP contribution is 2.28. The number of fused-ring (bicyclic) bond motifs is 1. The quantitative estimate of drug-likeness (QED) is 0.769. The molecule has 0 saturated carbocycles. The van der Waals surface area contributed by atoms with Gasteiger partial charge >= 0.3 is 0 Å². The maximum atomic E-state index is 5.73. The topological polar surface area (TPSA) is 73.1 Å². The number of anilines is 3. The smallest absolute Gasteiger partial charge is 0.223 e. The summed E-state index contributed by atoms with van der Waals surface area (Å²) in [5.41, 5.74) is 6.66. The molecule has 3 aromatic rings. The number of nitrogens with two attached hydrogens (primary N) is 1. The molecule has 102 valence electrons. The van der Waals surface area contributed by atoms with Crippen molar-refractivity contribution in [2.75, 3.05) is 17.7 Å². The number of hydrogen-bond donors (Lipinski definition) is 2. The Morgan fingerprint density at radius 1 is 1.20 bits per heavy atom. The van der Waals surface area contributed by atoms with Crippen molar-refractivity contribution in [2.45, 2.75) is 6.92 Å². The van der Waals surface area contributed by atoms with Crippen molar-refractivity contribution < 1.29 is 4.74 Å². The number of nitrogens with one attached hydrogen (secondary N) is 1. The molecule has 0 aliphatic carbocycles. The van der Waals surface area contributed by atoms with Crippen molar-refractivity contribution in [1.82, 2.24) is 9.97 Å². The average Bonchev–Trinajstić information content (AvgIpc) is 2.89. The monoisotopic (exact) mass is 286 g/mol. The Bertz CT molecular complexity index is 724. The van der Waals surface area contributed by atoms with Crippen LogP contribution in [-0.4, -0.2) is 16.6 Å². The van der Waals surface area contributed by atoms with Crippen LogP contribution in [0.3, 0.4) is 0 Å². The van der Waals surface area contributed by atoms with Gasteiger partial charge < -0.3 is 15.8 Å². The van der Waals surface area contributed by atoms with Gasteiger partial charge in [-0.2, -0.15) is 4.98 Å². The van der Waals surface area contributed by atoms with E-state index in [1.165, 1.54) is 0 Å². The van der Waals surface area contributed by atoms with Crippen LogP contribution in [0.25, 0.3) is 10.2 Å². The molecule has 2 heterocycles. The van der Waals surface area contributed by atoms with E-state index in [1.807, 2.05) is 42.6 Å². The maximum Gasteiger partial charge on any atom is 0.223 e. The standard InChI is InChI=1S/C14H14N4OS/c1-2-19-10-5-3-9(4-6-10)16-12-11-7-8-20-13(11)18-14(15)17-12/h3-8H,2H2,1H3,(H3,15,16,17,18). The molecule has 0 amide bonds. The number of thiophene rings is 1. The fourth-order valence-electron chi connectivity index (χ4n) is 1.91. The molecule has 0 saturated heterocycles. The van der Waals surface area contributed by atoms with E-state index in [2.05, 4.69) is 15.3 Å². The summed E-state index contributed by atoms with van der Waals surface area (Å²) in [6, 6.07) is 9.71. The summed E-state index contributed by atoms with van der Waals surface area (Å²) in [5, 5.41) is 6.21. The minimum atomic E-state index is 0.272. The summed E-state index contributed by atoms with van der Waals surface area (Å²) < 4.78 is 5.42. The highest BCUT2D eigenvalue weighted by atomic mass is 32.1. The van der Waals surface area contributed by atoms with Crippen LogP contribution >= 0.6 is 11.3 Å². The number of hydrogen-bond acceptors (Lipinski definition) is 6. The van der Waals surface area contributed by atoms with Crippen LogP contribution < -0.4 is 15.8 Å². The highest BCUT2D eigenvalue weighted by molar-refractivity contribution is 7.16. The molecule has 0 spiro atoms. The summed E-state index contributed by atoms with van der Waals surface area (Å²) in [6.07, 6.45) is 0.